The van der Waals surface area contributed by atoms with Gasteiger partial charge in [-0.3, -0.25) is 9.59 Å². The summed E-state index contributed by atoms with van der Waals surface area (Å²) in [4.78, 5) is 45.0. The SMILES string of the molecule is CCOC(=O)C1CCCCN1C(=O)c1cn(Cc2c(F)cccc2F)c2ccc(OC)nc2c1=O. The highest BCUT2D eigenvalue weighted by Crippen LogP contribution is 2.23. The maximum atomic E-state index is 14.4. The number of carbonyl (C=O) groups is 2. The number of fused-ring (bicyclic) bond motifs is 1. The number of halogens is 2. The van der Waals surface area contributed by atoms with Gasteiger partial charge >= 0.3 is 5.97 Å². The molecule has 1 aliphatic heterocycles. The van der Waals surface area contributed by atoms with E-state index in [-0.39, 0.29) is 47.7 Å². The topological polar surface area (TPSA) is 90.7 Å². The van der Waals surface area contributed by atoms with Crippen LogP contribution in [0.25, 0.3) is 11.0 Å². The summed E-state index contributed by atoms with van der Waals surface area (Å²) in [6.07, 6.45) is 3.08. The van der Waals surface area contributed by atoms with Gasteiger partial charge in [0.15, 0.2) is 0 Å². The first-order valence-corrected chi connectivity index (χ1v) is 11.3. The largest absolute Gasteiger partial charge is 0.481 e. The molecule has 1 aliphatic rings. The third-order valence-electron chi connectivity index (χ3n) is 6.05. The van der Waals surface area contributed by atoms with Crippen LogP contribution in [0.3, 0.4) is 0 Å². The minimum Gasteiger partial charge on any atom is -0.481 e. The number of piperidine rings is 1. The van der Waals surface area contributed by atoms with E-state index in [9.17, 15) is 23.2 Å². The number of hydrogen-bond acceptors (Lipinski definition) is 6. The maximum Gasteiger partial charge on any atom is 0.328 e. The number of benzene rings is 1. The number of rotatable bonds is 6. The van der Waals surface area contributed by atoms with Gasteiger partial charge in [-0.25, -0.2) is 18.6 Å². The molecule has 1 fully saturated rings. The van der Waals surface area contributed by atoms with Gasteiger partial charge < -0.3 is 18.9 Å². The predicted octanol–water partition coefficient (Wildman–Crippen LogP) is 3.29. The molecule has 0 N–H and O–H groups in total. The van der Waals surface area contributed by atoms with Crippen LogP contribution in [-0.4, -0.2) is 52.6 Å². The highest BCUT2D eigenvalue weighted by atomic mass is 19.1. The fraction of sp³-hybridized carbons (Fsp3) is 0.360. The lowest BCUT2D eigenvalue weighted by Crippen LogP contribution is -2.49. The Bertz CT molecular complexity index is 1320. The van der Waals surface area contributed by atoms with Crippen LogP contribution in [0.15, 0.2) is 41.3 Å². The number of aromatic nitrogens is 2. The summed E-state index contributed by atoms with van der Waals surface area (Å²) in [6.45, 7) is 1.83. The Morgan fingerprint density at radius 2 is 1.89 bits per heavy atom. The van der Waals surface area contributed by atoms with Crippen molar-refractivity contribution < 1.29 is 27.8 Å². The molecule has 4 rings (SSSR count). The molecule has 184 valence electrons. The van der Waals surface area contributed by atoms with E-state index in [0.717, 1.165) is 18.6 Å². The van der Waals surface area contributed by atoms with Crippen LogP contribution < -0.4 is 10.2 Å². The monoisotopic (exact) mass is 485 g/mol. The lowest BCUT2D eigenvalue weighted by atomic mass is 10.0. The van der Waals surface area contributed by atoms with Gasteiger partial charge in [-0.15, -0.1) is 0 Å². The number of ether oxygens (including phenoxy) is 2. The highest BCUT2D eigenvalue weighted by Gasteiger charge is 2.35. The molecular formula is C25H25F2N3O5. The average molecular weight is 485 g/mol. The zero-order chi connectivity index (χ0) is 25.1. The minimum atomic E-state index is -0.818. The number of pyridine rings is 2. The molecule has 1 saturated heterocycles. The molecule has 2 aromatic heterocycles. The summed E-state index contributed by atoms with van der Waals surface area (Å²) < 4.78 is 40.5. The lowest BCUT2D eigenvalue weighted by Gasteiger charge is -2.34. The molecule has 8 nitrogen and oxygen atoms in total. The van der Waals surface area contributed by atoms with Crippen LogP contribution in [0.2, 0.25) is 0 Å². The van der Waals surface area contributed by atoms with Gasteiger partial charge in [-0.1, -0.05) is 6.07 Å². The number of nitrogens with zero attached hydrogens (tertiary/aromatic N) is 3. The van der Waals surface area contributed by atoms with Gasteiger partial charge in [-0.05, 0) is 44.4 Å². The fourth-order valence-corrected chi connectivity index (χ4v) is 4.31. The Hall–Kier alpha value is -3.82. The standard InChI is InChI=1S/C25H25F2N3O5/c1-3-35-25(33)20-9-4-5-12-30(20)24(32)16-14-29(13-15-17(26)7-6-8-18(15)27)19-10-11-21(34-2)28-22(19)23(16)31/h6-8,10-11,14,20H,3-5,9,12-13H2,1-2H3. The summed E-state index contributed by atoms with van der Waals surface area (Å²) in [5.41, 5.74) is -0.963. The van der Waals surface area contributed by atoms with Crippen molar-refractivity contribution in [2.24, 2.45) is 0 Å². The molecule has 0 radical (unpaired) electrons. The van der Waals surface area contributed by atoms with E-state index in [2.05, 4.69) is 4.98 Å². The van der Waals surface area contributed by atoms with Gasteiger partial charge in [0.1, 0.15) is 28.8 Å². The van der Waals surface area contributed by atoms with Gasteiger partial charge in [0.25, 0.3) is 5.91 Å². The minimum absolute atomic E-state index is 0.0864. The van der Waals surface area contributed by atoms with E-state index in [0.29, 0.717) is 12.8 Å². The second-order valence-electron chi connectivity index (χ2n) is 8.18. The summed E-state index contributed by atoms with van der Waals surface area (Å²) in [7, 11) is 1.38. The van der Waals surface area contributed by atoms with Gasteiger partial charge in [0, 0.05) is 24.4 Å². The molecule has 35 heavy (non-hydrogen) atoms. The molecule has 3 aromatic rings. The summed E-state index contributed by atoms with van der Waals surface area (Å²) in [5, 5.41) is 0. The number of hydrogen-bond donors (Lipinski definition) is 0. The second-order valence-corrected chi connectivity index (χ2v) is 8.18. The van der Waals surface area contributed by atoms with E-state index in [1.54, 1.807) is 6.92 Å². The quantitative estimate of drug-likeness (QED) is 0.498. The van der Waals surface area contributed by atoms with Crippen molar-refractivity contribution >= 4 is 22.9 Å². The van der Waals surface area contributed by atoms with Crippen molar-refractivity contribution in [2.45, 2.75) is 38.8 Å². The first-order chi connectivity index (χ1) is 16.8. The number of carbonyl (C=O) groups excluding carboxylic acids is 2. The molecule has 10 heteroatoms. The van der Waals surface area contributed by atoms with Crippen LogP contribution in [0, 0.1) is 11.6 Å². The summed E-state index contributed by atoms with van der Waals surface area (Å²) in [6, 6.07) is 5.76. The van der Waals surface area contributed by atoms with Crippen molar-refractivity contribution in [1.29, 1.82) is 0 Å². The van der Waals surface area contributed by atoms with Gasteiger partial charge in [0.2, 0.25) is 11.3 Å². The smallest absolute Gasteiger partial charge is 0.328 e. The molecule has 0 saturated carbocycles. The van der Waals surface area contributed by atoms with E-state index in [1.165, 1.54) is 41.0 Å². The lowest BCUT2D eigenvalue weighted by molar-refractivity contribution is -0.149. The van der Waals surface area contributed by atoms with Gasteiger partial charge in [-0.2, -0.15) is 0 Å². The van der Waals surface area contributed by atoms with E-state index >= 15 is 0 Å². The molecule has 1 aromatic carbocycles. The number of esters is 1. The third-order valence-corrected chi connectivity index (χ3v) is 6.05. The molecule has 0 bridgehead atoms. The Balaban J connectivity index is 1.86. The number of likely N-dealkylation sites (tertiary alicyclic amines) is 1. The zero-order valence-corrected chi connectivity index (χ0v) is 19.4. The highest BCUT2D eigenvalue weighted by molar-refractivity contribution is 5.99. The molecule has 1 amide bonds. The van der Waals surface area contributed by atoms with E-state index in [1.807, 2.05) is 0 Å². The predicted molar refractivity (Wildman–Crippen MR) is 123 cm³/mol. The molecule has 1 unspecified atom stereocenters. The molecule has 1 atom stereocenters. The van der Waals surface area contributed by atoms with Crippen LogP contribution in [0.1, 0.15) is 42.1 Å². The Labute approximate surface area is 200 Å². The van der Waals surface area contributed by atoms with Crippen LogP contribution >= 0.6 is 0 Å². The van der Waals surface area contributed by atoms with Crippen molar-refractivity contribution in [3.63, 3.8) is 0 Å². The average Bonchev–Trinajstić information content (AvgIpc) is 2.87. The fourth-order valence-electron chi connectivity index (χ4n) is 4.31. The van der Waals surface area contributed by atoms with Crippen molar-refractivity contribution in [1.82, 2.24) is 14.5 Å². The summed E-state index contributed by atoms with van der Waals surface area (Å²) >= 11 is 0. The first kappa shape index (κ1) is 24.3. The Kier molecular flexibility index (Phi) is 7.09. The number of amides is 1. The molecule has 3 heterocycles. The molecule has 0 spiro atoms. The Morgan fingerprint density at radius 1 is 1.14 bits per heavy atom. The first-order valence-electron chi connectivity index (χ1n) is 11.3. The number of methoxy groups -OCH3 is 1. The molecule has 0 aliphatic carbocycles. The van der Waals surface area contributed by atoms with Crippen LogP contribution in [-0.2, 0) is 16.1 Å². The van der Waals surface area contributed by atoms with Crippen LogP contribution in [0.5, 0.6) is 5.88 Å². The molecular weight excluding hydrogens is 460 g/mol. The van der Waals surface area contributed by atoms with Crippen molar-refractivity contribution in [3.05, 3.63) is 69.5 Å². The van der Waals surface area contributed by atoms with Crippen LogP contribution in [0.4, 0.5) is 8.78 Å². The van der Waals surface area contributed by atoms with Crippen molar-refractivity contribution in [2.75, 3.05) is 20.3 Å². The van der Waals surface area contributed by atoms with E-state index < -0.39 is 35.0 Å². The second kappa shape index (κ2) is 10.2. The third kappa shape index (κ3) is 4.73. The summed E-state index contributed by atoms with van der Waals surface area (Å²) in [5.74, 6) is -2.57. The normalized spacial score (nSPS) is 15.8. The Morgan fingerprint density at radius 3 is 2.57 bits per heavy atom. The van der Waals surface area contributed by atoms with Gasteiger partial charge in [0.05, 0.1) is 25.8 Å². The maximum absolute atomic E-state index is 14.4. The zero-order valence-electron chi connectivity index (χ0n) is 19.4. The van der Waals surface area contributed by atoms with E-state index in [4.69, 9.17) is 9.47 Å². The van der Waals surface area contributed by atoms with Crippen molar-refractivity contribution in [3.8, 4) is 5.88 Å².